The van der Waals surface area contributed by atoms with Crippen LogP contribution in [0.3, 0.4) is 0 Å². The Balaban J connectivity index is 1.28. The molecule has 9 heteroatoms. The monoisotopic (exact) mass is 467 g/mol. The number of nitrogens with zero attached hydrogens (tertiary/aromatic N) is 4. The molecule has 0 fully saturated rings. The van der Waals surface area contributed by atoms with E-state index in [2.05, 4.69) is 31.6 Å². The Morgan fingerprint density at radius 3 is 3.03 bits per heavy atom. The predicted octanol–water partition coefficient (Wildman–Crippen LogP) is 5.37. The van der Waals surface area contributed by atoms with Crippen molar-refractivity contribution in [3.8, 4) is 10.6 Å². The third kappa shape index (κ3) is 4.22. The topological polar surface area (TPSA) is 80.7 Å². The van der Waals surface area contributed by atoms with Gasteiger partial charge in [-0.2, -0.15) is 9.36 Å². The summed E-state index contributed by atoms with van der Waals surface area (Å²) in [4.78, 5) is 28.5. The molecule has 1 aliphatic rings. The summed E-state index contributed by atoms with van der Waals surface area (Å²) in [6, 6.07) is 8.03. The van der Waals surface area contributed by atoms with Crippen LogP contribution in [0.15, 0.2) is 35.6 Å². The summed E-state index contributed by atoms with van der Waals surface area (Å²) in [6.07, 6.45) is 4.97. The summed E-state index contributed by atoms with van der Waals surface area (Å²) in [6.45, 7) is 4.34. The zero-order valence-electron chi connectivity index (χ0n) is 17.2. The number of thiophene rings is 1. The minimum absolute atomic E-state index is 0.136. The third-order valence-corrected chi connectivity index (χ3v) is 8.35. The molecule has 4 aromatic rings. The van der Waals surface area contributed by atoms with E-state index in [1.165, 1.54) is 40.2 Å². The lowest BCUT2D eigenvalue weighted by atomic mass is 9.89. The number of carbonyl (C=O) groups excluding carboxylic acids is 1. The number of amides is 1. The van der Waals surface area contributed by atoms with Gasteiger partial charge in [0.1, 0.15) is 21.2 Å². The maximum Gasteiger partial charge on any atom is 0.241 e. The van der Waals surface area contributed by atoms with Gasteiger partial charge in [0.2, 0.25) is 11.9 Å². The molecule has 3 aromatic heterocycles. The molecule has 31 heavy (non-hydrogen) atoms. The fourth-order valence-electron chi connectivity index (χ4n) is 3.85. The van der Waals surface area contributed by atoms with Crippen molar-refractivity contribution >= 4 is 56.7 Å². The minimum Gasteiger partial charge on any atom is -0.293 e. The van der Waals surface area contributed by atoms with Gasteiger partial charge < -0.3 is 0 Å². The molecule has 0 saturated carbocycles. The summed E-state index contributed by atoms with van der Waals surface area (Å²) in [7, 11) is 0. The van der Waals surface area contributed by atoms with E-state index in [9.17, 15) is 4.79 Å². The Morgan fingerprint density at radius 2 is 2.16 bits per heavy atom. The number of carbonyl (C=O) groups is 1. The first kappa shape index (κ1) is 20.5. The Kier molecular flexibility index (Phi) is 5.73. The summed E-state index contributed by atoms with van der Waals surface area (Å²) in [5.41, 5.74) is 3.55. The second kappa shape index (κ2) is 8.64. The number of nitrogens with one attached hydrogen (secondary N) is 1. The van der Waals surface area contributed by atoms with Crippen molar-refractivity contribution in [2.24, 2.45) is 5.92 Å². The van der Waals surface area contributed by atoms with Gasteiger partial charge in [0, 0.05) is 15.8 Å². The molecule has 1 N–H and O–H groups in total. The van der Waals surface area contributed by atoms with Gasteiger partial charge in [0.15, 0.2) is 0 Å². The van der Waals surface area contributed by atoms with E-state index in [0.29, 0.717) is 11.9 Å². The smallest absolute Gasteiger partial charge is 0.241 e. The van der Waals surface area contributed by atoms with Crippen molar-refractivity contribution in [2.45, 2.75) is 38.1 Å². The quantitative estimate of drug-likeness (QED) is 0.314. The van der Waals surface area contributed by atoms with E-state index in [1.54, 1.807) is 17.7 Å². The Morgan fingerprint density at radius 1 is 1.29 bits per heavy atom. The number of rotatable bonds is 5. The molecule has 5 rings (SSSR count). The molecule has 1 amide bonds. The van der Waals surface area contributed by atoms with Gasteiger partial charge in [-0.3, -0.25) is 10.1 Å². The van der Waals surface area contributed by atoms with Crippen LogP contribution in [0.2, 0.25) is 0 Å². The molecule has 0 spiro atoms. The molecule has 158 valence electrons. The molecule has 0 bridgehead atoms. The fraction of sp³-hybridized carbons (Fsp3) is 0.318. The van der Waals surface area contributed by atoms with Crippen LogP contribution in [-0.2, 0) is 17.6 Å². The van der Waals surface area contributed by atoms with Crippen molar-refractivity contribution in [3.05, 3.63) is 46.6 Å². The number of thioether (sulfide) groups is 1. The van der Waals surface area contributed by atoms with E-state index in [-0.39, 0.29) is 11.7 Å². The highest BCUT2D eigenvalue weighted by molar-refractivity contribution is 8.00. The second-order valence-electron chi connectivity index (χ2n) is 7.79. The molecule has 0 aliphatic heterocycles. The van der Waals surface area contributed by atoms with Crippen LogP contribution >= 0.6 is 34.6 Å². The number of aromatic nitrogens is 4. The second-order valence-corrected chi connectivity index (χ2v) is 10.6. The lowest BCUT2D eigenvalue weighted by Gasteiger charge is -2.18. The lowest BCUT2D eigenvalue weighted by molar-refractivity contribution is -0.113. The van der Waals surface area contributed by atoms with Gasteiger partial charge in [-0.25, -0.2) is 9.97 Å². The number of hydrogen-bond donors (Lipinski definition) is 1. The van der Waals surface area contributed by atoms with E-state index < -0.39 is 0 Å². The van der Waals surface area contributed by atoms with Crippen LogP contribution in [0.5, 0.6) is 0 Å². The zero-order valence-corrected chi connectivity index (χ0v) is 19.7. The summed E-state index contributed by atoms with van der Waals surface area (Å²) < 4.78 is 4.30. The summed E-state index contributed by atoms with van der Waals surface area (Å²) in [5, 5.41) is 5.65. The molecular weight excluding hydrogens is 446 g/mol. The number of anilines is 1. The lowest BCUT2D eigenvalue weighted by Crippen LogP contribution is -2.15. The molecule has 0 radical (unpaired) electrons. The first-order chi connectivity index (χ1) is 15.1. The van der Waals surface area contributed by atoms with Gasteiger partial charge in [0.05, 0.1) is 5.75 Å². The SMILES string of the molecule is Cc1ccccc1-c1nc(NC(=O)CSc2ncnc3sc4c(c23)CCC(C)C4)ns1. The van der Waals surface area contributed by atoms with Crippen LogP contribution in [0.1, 0.15) is 29.3 Å². The van der Waals surface area contributed by atoms with Crippen LogP contribution < -0.4 is 5.32 Å². The number of aryl methyl sites for hydroxylation is 2. The average molecular weight is 468 g/mol. The van der Waals surface area contributed by atoms with Gasteiger partial charge >= 0.3 is 0 Å². The maximum atomic E-state index is 12.6. The molecule has 1 aromatic carbocycles. The molecule has 3 heterocycles. The van der Waals surface area contributed by atoms with Crippen molar-refractivity contribution in [1.82, 2.24) is 19.3 Å². The molecular formula is C22H21N5OS3. The van der Waals surface area contributed by atoms with Crippen LogP contribution in [0.25, 0.3) is 20.8 Å². The normalized spacial score (nSPS) is 15.7. The number of fused-ring (bicyclic) bond motifs is 3. The molecule has 0 saturated heterocycles. The highest BCUT2D eigenvalue weighted by Gasteiger charge is 2.23. The van der Waals surface area contributed by atoms with Gasteiger partial charge in [-0.1, -0.05) is 43.0 Å². The molecule has 6 nitrogen and oxygen atoms in total. The Bertz CT molecular complexity index is 1270. The standard InChI is InChI=1S/C22H21N5OS3/c1-12-7-8-15-16(9-12)30-21-18(15)20(23-11-24-21)29-10-17(28)25-22-26-19(31-27-22)14-6-4-3-5-13(14)2/h3-6,11-12H,7-10H2,1-2H3,(H,25,27,28). The van der Waals surface area contributed by atoms with E-state index in [0.717, 1.165) is 44.2 Å². The van der Waals surface area contributed by atoms with Crippen LogP contribution in [0, 0.1) is 12.8 Å². The van der Waals surface area contributed by atoms with Gasteiger partial charge in [-0.15, -0.1) is 11.3 Å². The highest BCUT2D eigenvalue weighted by atomic mass is 32.2. The van der Waals surface area contributed by atoms with E-state index in [1.807, 2.05) is 31.2 Å². The van der Waals surface area contributed by atoms with Gasteiger partial charge in [-0.05, 0) is 54.8 Å². The Hall–Kier alpha value is -2.36. The first-order valence-corrected chi connectivity index (χ1v) is 12.7. The maximum absolute atomic E-state index is 12.6. The Labute approximate surface area is 192 Å². The fourth-order valence-corrected chi connectivity index (χ4v) is 6.80. The largest absolute Gasteiger partial charge is 0.293 e. The van der Waals surface area contributed by atoms with Crippen molar-refractivity contribution < 1.29 is 4.79 Å². The summed E-state index contributed by atoms with van der Waals surface area (Å²) in [5.74, 6) is 1.18. The number of hydrogen-bond acceptors (Lipinski definition) is 8. The average Bonchev–Trinajstić information content (AvgIpc) is 3.36. The first-order valence-electron chi connectivity index (χ1n) is 10.2. The molecule has 1 aliphatic carbocycles. The van der Waals surface area contributed by atoms with E-state index >= 15 is 0 Å². The third-order valence-electron chi connectivity index (χ3n) is 5.45. The molecule has 1 atom stereocenters. The zero-order chi connectivity index (χ0) is 21.4. The molecule has 1 unspecified atom stereocenters. The van der Waals surface area contributed by atoms with Crippen molar-refractivity contribution in [2.75, 3.05) is 11.1 Å². The highest BCUT2D eigenvalue weighted by Crippen LogP contribution is 2.40. The minimum atomic E-state index is -0.136. The predicted molar refractivity (Wildman–Crippen MR) is 128 cm³/mol. The van der Waals surface area contributed by atoms with Crippen molar-refractivity contribution in [3.63, 3.8) is 0 Å². The van der Waals surface area contributed by atoms with E-state index in [4.69, 9.17) is 0 Å². The van der Waals surface area contributed by atoms with Crippen LogP contribution in [-0.4, -0.2) is 31.0 Å². The summed E-state index contributed by atoms with van der Waals surface area (Å²) >= 11 is 4.52. The van der Waals surface area contributed by atoms with Crippen LogP contribution in [0.4, 0.5) is 5.95 Å². The number of benzene rings is 1. The van der Waals surface area contributed by atoms with Gasteiger partial charge in [0.25, 0.3) is 0 Å². The van der Waals surface area contributed by atoms with Crippen molar-refractivity contribution in [1.29, 1.82) is 0 Å².